The predicted octanol–water partition coefficient (Wildman–Crippen LogP) is 2.60. The van der Waals surface area contributed by atoms with Gasteiger partial charge in [0.25, 0.3) is 0 Å². The van der Waals surface area contributed by atoms with Gasteiger partial charge in [-0.15, -0.1) is 0 Å². The van der Waals surface area contributed by atoms with Crippen LogP contribution in [0.4, 0.5) is 10.1 Å². The molecule has 0 amide bonds. The molecule has 1 aromatic carbocycles. The summed E-state index contributed by atoms with van der Waals surface area (Å²) in [4.78, 5) is 13.4. The van der Waals surface area contributed by atoms with Crippen molar-refractivity contribution in [2.75, 3.05) is 18.0 Å². The highest BCUT2D eigenvalue weighted by atomic mass is 19.1. The van der Waals surface area contributed by atoms with E-state index < -0.39 is 0 Å². The molecular formula is C13H18FNO2. The Balaban J connectivity index is 2.65. The summed E-state index contributed by atoms with van der Waals surface area (Å²) in [6, 6.07) is 6.07. The number of halogens is 1. The van der Waals surface area contributed by atoms with Crippen LogP contribution in [0.15, 0.2) is 24.3 Å². The van der Waals surface area contributed by atoms with Crippen molar-refractivity contribution in [3.05, 3.63) is 30.1 Å². The van der Waals surface area contributed by atoms with E-state index in [-0.39, 0.29) is 24.4 Å². The first-order chi connectivity index (χ1) is 8.02. The van der Waals surface area contributed by atoms with Crippen molar-refractivity contribution in [1.29, 1.82) is 0 Å². The molecular weight excluding hydrogens is 221 g/mol. The van der Waals surface area contributed by atoms with Gasteiger partial charge in [0.1, 0.15) is 12.4 Å². The molecule has 1 rings (SSSR count). The van der Waals surface area contributed by atoms with Crippen molar-refractivity contribution in [2.24, 2.45) is 0 Å². The maximum absolute atomic E-state index is 12.8. The lowest BCUT2D eigenvalue weighted by atomic mass is 10.3. The third-order valence-corrected chi connectivity index (χ3v) is 2.26. The Morgan fingerprint density at radius 2 is 1.94 bits per heavy atom. The molecule has 0 bridgehead atoms. The average molecular weight is 239 g/mol. The number of nitrogens with zero attached hydrogens (tertiary/aromatic N) is 1. The molecule has 0 atom stereocenters. The molecule has 0 aromatic heterocycles. The van der Waals surface area contributed by atoms with Crippen molar-refractivity contribution in [3.63, 3.8) is 0 Å². The monoisotopic (exact) mass is 239 g/mol. The van der Waals surface area contributed by atoms with E-state index in [9.17, 15) is 9.18 Å². The summed E-state index contributed by atoms with van der Waals surface area (Å²) < 4.78 is 17.9. The normalized spacial score (nSPS) is 10.4. The van der Waals surface area contributed by atoms with Gasteiger partial charge in [0, 0.05) is 12.2 Å². The molecule has 0 aliphatic rings. The fourth-order valence-corrected chi connectivity index (χ4v) is 1.49. The van der Waals surface area contributed by atoms with Gasteiger partial charge in [0.05, 0.1) is 6.10 Å². The first-order valence-corrected chi connectivity index (χ1v) is 5.73. The van der Waals surface area contributed by atoms with Crippen LogP contribution in [-0.4, -0.2) is 25.2 Å². The molecule has 0 heterocycles. The highest BCUT2D eigenvalue weighted by Gasteiger charge is 2.12. The zero-order valence-electron chi connectivity index (χ0n) is 10.4. The summed E-state index contributed by atoms with van der Waals surface area (Å²) in [6.07, 6.45) is -0.116. The lowest BCUT2D eigenvalue weighted by Crippen LogP contribution is -2.31. The Hall–Kier alpha value is -1.58. The molecule has 0 spiro atoms. The van der Waals surface area contributed by atoms with E-state index in [2.05, 4.69) is 0 Å². The minimum atomic E-state index is -0.283. The molecule has 94 valence electrons. The van der Waals surface area contributed by atoms with Gasteiger partial charge in [0.2, 0.25) is 0 Å². The van der Waals surface area contributed by atoms with Crippen molar-refractivity contribution < 1.29 is 13.9 Å². The number of carbonyl (C=O) groups excluding carboxylic acids is 1. The number of hydrogen-bond donors (Lipinski definition) is 0. The smallest absolute Gasteiger partial charge is 0.325 e. The summed E-state index contributed by atoms with van der Waals surface area (Å²) in [5.74, 6) is -0.555. The van der Waals surface area contributed by atoms with E-state index >= 15 is 0 Å². The van der Waals surface area contributed by atoms with Gasteiger partial charge >= 0.3 is 5.97 Å². The van der Waals surface area contributed by atoms with Crippen LogP contribution in [0.1, 0.15) is 20.8 Å². The highest BCUT2D eigenvalue weighted by molar-refractivity contribution is 5.75. The van der Waals surface area contributed by atoms with Gasteiger partial charge in [-0.1, -0.05) is 0 Å². The van der Waals surface area contributed by atoms with Crippen LogP contribution in [0, 0.1) is 5.82 Å². The molecule has 0 saturated heterocycles. The third-order valence-electron chi connectivity index (χ3n) is 2.26. The number of carbonyl (C=O) groups is 1. The van der Waals surface area contributed by atoms with Crippen LogP contribution in [0.3, 0.4) is 0 Å². The van der Waals surface area contributed by atoms with E-state index in [0.717, 1.165) is 5.69 Å². The van der Waals surface area contributed by atoms with Crippen molar-refractivity contribution in [3.8, 4) is 0 Å². The molecule has 0 N–H and O–H groups in total. The highest BCUT2D eigenvalue weighted by Crippen LogP contribution is 2.14. The predicted molar refractivity (Wildman–Crippen MR) is 65.5 cm³/mol. The topological polar surface area (TPSA) is 29.5 Å². The van der Waals surface area contributed by atoms with E-state index in [4.69, 9.17) is 4.74 Å². The van der Waals surface area contributed by atoms with E-state index in [1.165, 1.54) is 12.1 Å². The second kappa shape index (κ2) is 6.23. The van der Waals surface area contributed by atoms with Crippen LogP contribution in [0.5, 0.6) is 0 Å². The number of hydrogen-bond acceptors (Lipinski definition) is 3. The second-order valence-corrected chi connectivity index (χ2v) is 4.03. The molecule has 17 heavy (non-hydrogen) atoms. The SMILES string of the molecule is CCN(CC(=O)OC(C)C)c1ccc(F)cc1. The van der Waals surface area contributed by atoms with Crippen LogP contribution in [-0.2, 0) is 9.53 Å². The zero-order valence-corrected chi connectivity index (χ0v) is 10.4. The minimum Gasteiger partial charge on any atom is -0.462 e. The zero-order chi connectivity index (χ0) is 12.8. The average Bonchev–Trinajstić information content (AvgIpc) is 2.26. The lowest BCUT2D eigenvalue weighted by Gasteiger charge is -2.22. The molecule has 0 aliphatic carbocycles. The maximum atomic E-state index is 12.8. The molecule has 0 unspecified atom stereocenters. The first kappa shape index (κ1) is 13.5. The van der Waals surface area contributed by atoms with Crippen LogP contribution in [0.2, 0.25) is 0 Å². The number of likely N-dealkylation sites (N-methyl/N-ethyl adjacent to an activating group) is 1. The van der Waals surface area contributed by atoms with Gasteiger partial charge < -0.3 is 9.64 Å². The number of ether oxygens (including phenoxy) is 1. The van der Waals surface area contributed by atoms with Gasteiger partial charge in [-0.05, 0) is 45.0 Å². The van der Waals surface area contributed by atoms with Crippen LogP contribution in [0.25, 0.3) is 0 Å². The van der Waals surface area contributed by atoms with E-state index in [1.807, 2.05) is 25.7 Å². The molecule has 0 radical (unpaired) electrons. The molecule has 1 aromatic rings. The Bertz CT molecular complexity index is 362. The van der Waals surface area contributed by atoms with Crippen molar-refractivity contribution in [1.82, 2.24) is 0 Å². The lowest BCUT2D eigenvalue weighted by molar-refractivity contribution is -0.145. The Morgan fingerprint density at radius 1 is 1.35 bits per heavy atom. The van der Waals surface area contributed by atoms with Crippen molar-refractivity contribution in [2.45, 2.75) is 26.9 Å². The molecule has 3 nitrogen and oxygen atoms in total. The Kier molecular flexibility index (Phi) is 4.94. The third kappa shape index (κ3) is 4.43. The first-order valence-electron chi connectivity index (χ1n) is 5.73. The number of esters is 1. The fourth-order valence-electron chi connectivity index (χ4n) is 1.49. The summed E-state index contributed by atoms with van der Waals surface area (Å²) in [5, 5.41) is 0. The van der Waals surface area contributed by atoms with Gasteiger partial charge in [-0.3, -0.25) is 4.79 Å². The summed E-state index contributed by atoms with van der Waals surface area (Å²) >= 11 is 0. The van der Waals surface area contributed by atoms with Gasteiger partial charge in [-0.2, -0.15) is 0 Å². The summed E-state index contributed by atoms with van der Waals surface area (Å²) in [6.45, 7) is 6.41. The molecule has 0 aliphatic heterocycles. The number of anilines is 1. The van der Waals surface area contributed by atoms with E-state index in [0.29, 0.717) is 6.54 Å². The van der Waals surface area contributed by atoms with Gasteiger partial charge in [0.15, 0.2) is 0 Å². The molecule has 0 saturated carbocycles. The Labute approximate surface area is 101 Å². The summed E-state index contributed by atoms with van der Waals surface area (Å²) in [7, 11) is 0. The molecule has 0 fully saturated rings. The van der Waals surface area contributed by atoms with Crippen molar-refractivity contribution >= 4 is 11.7 Å². The standard InChI is InChI=1S/C13H18FNO2/c1-4-15(9-13(16)17-10(2)3)12-7-5-11(14)6-8-12/h5-8,10H,4,9H2,1-3H3. The number of benzene rings is 1. The van der Waals surface area contributed by atoms with E-state index in [1.54, 1.807) is 12.1 Å². The maximum Gasteiger partial charge on any atom is 0.325 e. The van der Waals surface area contributed by atoms with Crippen LogP contribution < -0.4 is 4.90 Å². The quantitative estimate of drug-likeness (QED) is 0.740. The minimum absolute atomic E-state index is 0.116. The largest absolute Gasteiger partial charge is 0.462 e. The second-order valence-electron chi connectivity index (χ2n) is 4.03. The molecule has 4 heteroatoms. The number of rotatable bonds is 5. The Morgan fingerprint density at radius 3 is 2.41 bits per heavy atom. The van der Waals surface area contributed by atoms with Crippen LogP contribution >= 0.6 is 0 Å². The fraction of sp³-hybridized carbons (Fsp3) is 0.462. The van der Waals surface area contributed by atoms with Gasteiger partial charge in [-0.25, -0.2) is 4.39 Å². The summed E-state index contributed by atoms with van der Waals surface area (Å²) in [5.41, 5.74) is 0.814.